The number of fused-ring (bicyclic) bond motifs is 1. The molecule has 1 aliphatic rings. The van der Waals surface area contributed by atoms with Gasteiger partial charge in [-0.05, 0) is 87.4 Å². The van der Waals surface area contributed by atoms with Gasteiger partial charge in [-0.3, -0.25) is 4.79 Å². The van der Waals surface area contributed by atoms with Crippen LogP contribution < -0.4 is 0 Å². The van der Waals surface area contributed by atoms with Crippen LogP contribution in [0.1, 0.15) is 66.0 Å². The predicted octanol–water partition coefficient (Wildman–Crippen LogP) is 7.07. The Morgan fingerprint density at radius 3 is 2.50 bits per heavy atom. The zero-order valence-corrected chi connectivity index (χ0v) is 23.6. The van der Waals surface area contributed by atoms with E-state index in [2.05, 4.69) is 6.58 Å². The molecule has 38 heavy (non-hydrogen) atoms. The van der Waals surface area contributed by atoms with Crippen LogP contribution in [0, 0.1) is 12.8 Å². The van der Waals surface area contributed by atoms with Crippen molar-refractivity contribution in [1.82, 2.24) is 14.5 Å². The number of rotatable bonds is 7. The molecule has 0 saturated carbocycles. The van der Waals surface area contributed by atoms with Gasteiger partial charge in [0.2, 0.25) is 0 Å². The highest BCUT2D eigenvalue weighted by atomic mass is 35.5. The van der Waals surface area contributed by atoms with Gasteiger partial charge in [-0.1, -0.05) is 29.8 Å². The second-order valence-electron chi connectivity index (χ2n) is 10.9. The molecule has 5 nitrogen and oxygen atoms in total. The normalized spacial score (nSPS) is 15.3. The van der Waals surface area contributed by atoms with E-state index < -0.39 is 11.5 Å². The van der Waals surface area contributed by atoms with E-state index in [-0.39, 0.29) is 22.9 Å². The van der Waals surface area contributed by atoms with Crippen LogP contribution in [0.15, 0.2) is 36.9 Å². The lowest BCUT2D eigenvalue weighted by Gasteiger charge is -2.34. The monoisotopic (exact) mass is 563 g/mol. The van der Waals surface area contributed by atoms with Crippen molar-refractivity contribution in [3.8, 4) is 0 Å². The third-order valence-corrected chi connectivity index (χ3v) is 8.14. The van der Waals surface area contributed by atoms with Gasteiger partial charge in [-0.25, -0.2) is 4.98 Å². The zero-order chi connectivity index (χ0) is 28.0. The summed E-state index contributed by atoms with van der Waals surface area (Å²) in [6, 6.07) is 6.14. The third kappa shape index (κ3) is 5.75. The molecule has 2 heterocycles. The summed E-state index contributed by atoms with van der Waals surface area (Å²) in [5, 5.41) is 10.8. The second-order valence-corrected chi connectivity index (χ2v) is 11.7. The quantitative estimate of drug-likeness (QED) is 0.313. The zero-order valence-electron chi connectivity index (χ0n) is 22.1. The molecule has 9 heteroatoms. The van der Waals surface area contributed by atoms with E-state index in [0.29, 0.717) is 70.1 Å². The Kier molecular flexibility index (Phi) is 7.95. The molecule has 4 rings (SSSR count). The first-order chi connectivity index (χ1) is 17.7. The van der Waals surface area contributed by atoms with Gasteiger partial charge in [0.15, 0.2) is 0 Å². The number of aromatic nitrogens is 2. The SMILES string of the molecule is C=CC(F)(F)c1cc(C)c2nc(Cc3c(Cl)ccc(C(=O)N4CCC(CC(C)(C)O)CC4)c3Cl)n(C)c2c1. The lowest BCUT2D eigenvalue weighted by atomic mass is 9.86. The number of carbonyl (C=O) groups excluding carboxylic acids is 1. The highest BCUT2D eigenvalue weighted by molar-refractivity contribution is 6.38. The summed E-state index contributed by atoms with van der Waals surface area (Å²) in [6.07, 6.45) is 3.19. The van der Waals surface area contributed by atoms with E-state index in [1.165, 1.54) is 12.1 Å². The molecule has 0 atom stereocenters. The second kappa shape index (κ2) is 10.6. The van der Waals surface area contributed by atoms with Gasteiger partial charge >= 0.3 is 0 Å². The summed E-state index contributed by atoms with van der Waals surface area (Å²) in [7, 11) is 1.76. The summed E-state index contributed by atoms with van der Waals surface area (Å²) in [6.45, 7) is 9.79. The van der Waals surface area contributed by atoms with E-state index in [1.54, 1.807) is 49.4 Å². The minimum atomic E-state index is -3.16. The number of hydrogen-bond donors (Lipinski definition) is 1. The van der Waals surface area contributed by atoms with Crippen LogP contribution in [-0.2, 0) is 19.4 Å². The Hall–Kier alpha value is -2.48. The Morgan fingerprint density at radius 1 is 1.24 bits per heavy atom. The first-order valence-corrected chi connectivity index (χ1v) is 13.4. The van der Waals surface area contributed by atoms with Crippen molar-refractivity contribution < 1.29 is 18.7 Å². The van der Waals surface area contributed by atoms with E-state index in [4.69, 9.17) is 28.2 Å². The van der Waals surface area contributed by atoms with Crippen molar-refractivity contribution in [2.24, 2.45) is 13.0 Å². The smallest absolute Gasteiger partial charge is 0.291 e. The molecular weight excluding hydrogens is 531 g/mol. The molecule has 1 aliphatic heterocycles. The molecular formula is C29H33Cl2F2N3O2. The summed E-state index contributed by atoms with van der Waals surface area (Å²) in [5.41, 5.74) is 1.84. The van der Waals surface area contributed by atoms with Crippen LogP contribution in [0.25, 0.3) is 11.0 Å². The van der Waals surface area contributed by atoms with Crippen molar-refractivity contribution in [3.63, 3.8) is 0 Å². The van der Waals surface area contributed by atoms with Crippen molar-refractivity contribution in [2.75, 3.05) is 13.1 Å². The molecule has 0 unspecified atom stereocenters. The van der Waals surface area contributed by atoms with Crippen molar-refractivity contribution in [2.45, 2.75) is 58.0 Å². The minimum Gasteiger partial charge on any atom is -0.390 e. The predicted molar refractivity (Wildman–Crippen MR) is 148 cm³/mol. The van der Waals surface area contributed by atoms with Crippen molar-refractivity contribution in [3.05, 3.63) is 75.0 Å². The van der Waals surface area contributed by atoms with E-state index in [9.17, 15) is 18.7 Å². The molecule has 3 aromatic rings. The number of aliphatic hydroxyl groups is 1. The molecule has 0 spiro atoms. The molecule has 1 N–H and O–H groups in total. The maximum absolute atomic E-state index is 14.3. The number of alkyl halides is 2. The molecule has 1 fully saturated rings. The number of imidazole rings is 1. The molecule has 1 aromatic heterocycles. The number of likely N-dealkylation sites (tertiary alicyclic amines) is 1. The van der Waals surface area contributed by atoms with Crippen LogP contribution >= 0.6 is 23.2 Å². The summed E-state index contributed by atoms with van der Waals surface area (Å²) in [5.74, 6) is -2.37. The Balaban J connectivity index is 1.61. The number of allylic oxidation sites excluding steroid dienone is 1. The number of halogens is 4. The highest BCUT2D eigenvalue weighted by Gasteiger charge is 2.30. The van der Waals surface area contributed by atoms with Gasteiger partial charge < -0.3 is 14.6 Å². The average molecular weight is 565 g/mol. The first-order valence-electron chi connectivity index (χ1n) is 12.7. The fourth-order valence-electron chi connectivity index (χ4n) is 5.27. The highest BCUT2D eigenvalue weighted by Crippen LogP contribution is 2.36. The summed E-state index contributed by atoms with van der Waals surface area (Å²) >= 11 is 13.3. The number of piperidine rings is 1. The Labute approximate surface area is 232 Å². The largest absolute Gasteiger partial charge is 0.390 e. The fraction of sp³-hybridized carbons (Fsp3) is 0.448. The maximum atomic E-state index is 14.3. The van der Waals surface area contributed by atoms with E-state index in [0.717, 1.165) is 12.8 Å². The number of benzene rings is 2. The van der Waals surface area contributed by atoms with Gasteiger partial charge in [0.1, 0.15) is 5.82 Å². The molecule has 1 amide bonds. The van der Waals surface area contributed by atoms with Crippen LogP contribution in [0.5, 0.6) is 0 Å². The Bertz CT molecular complexity index is 1390. The lowest BCUT2D eigenvalue weighted by molar-refractivity contribution is 0.0358. The minimum absolute atomic E-state index is 0.151. The summed E-state index contributed by atoms with van der Waals surface area (Å²) in [4.78, 5) is 19.9. The number of hydrogen-bond acceptors (Lipinski definition) is 3. The third-order valence-electron chi connectivity index (χ3n) is 7.35. The van der Waals surface area contributed by atoms with Crippen LogP contribution in [0.2, 0.25) is 10.0 Å². The fourth-order valence-corrected chi connectivity index (χ4v) is 5.86. The number of aryl methyl sites for hydroxylation is 2. The Morgan fingerprint density at radius 2 is 1.89 bits per heavy atom. The van der Waals surface area contributed by atoms with Crippen molar-refractivity contribution >= 4 is 40.1 Å². The molecule has 204 valence electrons. The van der Waals surface area contributed by atoms with Crippen molar-refractivity contribution in [1.29, 1.82) is 0 Å². The molecule has 0 bridgehead atoms. The van der Waals surface area contributed by atoms with Gasteiger partial charge in [-0.15, -0.1) is 0 Å². The maximum Gasteiger partial charge on any atom is 0.291 e. The topological polar surface area (TPSA) is 58.4 Å². The van der Waals surface area contributed by atoms with Gasteiger partial charge in [0.05, 0.1) is 27.2 Å². The van der Waals surface area contributed by atoms with Crippen LogP contribution in [-0.4, -0.2) is 44.2 Å². The molecule has 1 saturated heterocycles. The van der Waals surface area contributed by atoms with Crippen LogP contribution in [0.4, 0.5) is 8.78 Å². The first kappa shape index (κ1) is 28.5. The van der Waals surface area contributed by atoms with Gasteiger partial charge in [0, 0.05) is 37.1 Å². The number of amides is 1. The van der Waals surface area contributed by atoms with Gasteiger partial charge in [-0.2, -0.15) is 8.78 Å². The standard InChI is InChI=1S/C29H33Cl2F2N3O2/c1-6-29(32,33)19-13-17(2)26-23(14-19)35(5)24(34-26)15-21-22(30)8-7-20(25(21)31)27(37)36-11-9-18(10-12-36)16-28(3,4)38/h6-8,13-14,18,38H,1,9-12,15-16H2,2-5H3. The van der Waals surface area contributed by atoms with Gasteiger partial charge in [0.25, 0.3) is 11.8 Å². The lowest BCUT2D eigenvalue weighted by Crippen LogP contribution is -2.40. The van der Waals surface area contributed by atoms with E-state index in [1.807, 2.05) is 0 Å². The average Bonchev–Trinajstić information content (AvgIpc) is 3.16. The van der Waals surface area contributed by atoms with E-state index >= 15 is 0 Å². The molecule has 2 aromatic carbocycles. The number of carbonyl (C=O) groups is 1. The molecule has 0 aliphatic carbocycles. The molecule has 0 radical (unpaired) electrons. The summed E-state index contributed by atoms with van der Waals surface area (Å²) < 4.78 is 30.4. The van der Waals surface area contributed by atoms with Crippen LogP contribution in [0.3, 0.4) is 0 Å². The number of nitrogens with zero attached hydrogens (tertiary/aromatic N) is 3.